The molecule has 2 bridgehead atoms. The minimum Gasteiger partial charge on any atom is -0.378 e. The van der Waals surface area contributed by atoms with E-state index >= 15 is 0 Å². The van der Waals surface area contributed by atoms with Crippen molar-refractivity contribution in [2.45, 2.75) is 56.5 Å². The highest BCUT2D eigenvalue weighted by Gasteiger charge is 2.51. The zero-order valence-corrected chi connectivity index (χ0v) is 10.7. The SMILES string of the molecule is CCOC1CC(CN)(N2CC3CCC(C2)O3)C1. The average molecular weight is 240 g/mol. The van der Waals surface area contributed by atoms with Gasteiger partial charge < -0.3 is 15.2 Å². The fraction of sp³-hybridized carbons (Fsp3) is 1.00. The maximum atomic E-state index is 6.03. The predicted octanol–water partition coefficient (Wildman–Crippen LogP) is 0.746. The van der Waals surface area contributed by atoms with Crippen LogP contribution in [0.2, 0.25) is 0 Å². The second kappa shape index (κ2) is 4.50. The van der Waals surface area contributed by atoms with Crippen LogP contribution in [0.25, 0.3) is 0 Å². The van der Waals surface area contributed by atoms with Gasteiger partial charge in [0.2, 0.25) is 0 Å². The van der Waals surface area contributed by atoms with Crippen LogP contribution in [0.15, 0.2) is 0 Å². The van der Waals surface area contributed by atoms with Gasteiger partial charge in [-0.3, -0.25) is 4.90 Å². The Morgan fingerprint density at radius 1 is 1.29 bits per heavy atom. The number of hydrogen-bond acceptors (Lipinski definition) is 4. The lowest BCUT2D eigenvalue weighted by Crippen LogP contribution is -2.67. The fourth-order valence-corrected chi connectivity index (χ4v) is 3.70. The first-order valence-corrected chi connectivity index (χ1v) is 6.98. The molecule has 4 nitrogen and oxygen atoms in total. The van der Waals surface area contributed by atoms with E-state index in [0.29, 0.717) is 18.3 Å². The van der Waals surface area contributed by atoms with Crippen LogP contribution < -0.4 is 5.73 Å². The number of likely N-dealkylation sites (tertiary alicyclic amines) is 1. The molecular weight excluding hydrogens is 216 g/mol. The third kappa shape index (κ3) is 2.01. The summed E-state index contributed by atoms with van der Waals surface area (Å²) in [5, 5.41) is 0. The Balaban J connectivity index is 1.62. The summed E-state index contributed by atoms with van der Waals surface area (Å²) in [5.74, 6) is 0. The first kappa shape index (κ1) is 11.9. The monoisotopic (exact) mass is 240 g/mol. The standard InChI is InChI=1S/C13H24N2O2/c1-2-16-12-5-13(6-12,9-14)15-7-10-3-4-11(8-15)17-10/h10-12H,2-9,14H2,1H3. The first-order chi connectivity index (χ1) is 8.25. The normalized spacial score (nSPS) is 45.9. The van der Waals surface area contributed by atoms with Crippen molar-refractivity contribution >= 4 is 0 Å². The molecule has 17 heavy (non-hydrogen) atoms. The van der Waals surface area contributed by atoms with E-state index in [4.69, 9.17) is 15.2 Å². The molecule has 0 aromatic carbocycles. The van der Waals surface area contributed by atoms with E-state index in [1.165, 1.54) is 12.8 Å². The number of nitrogens with zero attached hydrogens (tertiary/aromatic N) is 1. The zero-order chi connectivity index (χ0) is 11.9. The quantitative estimate of drug-likeness (QED) is 0.787. The Hall–Kier alpha value is -0.160. The van der Waals surface area contributed by atoms with Gasteiger partial charge in [-0.25, -0.2) is 0 Å². The van der Waals surface area contributed by atoms with Crippen molar-refractivity contribution in [1.82, 2.24) is 4.90 Å². The van der Waals surface area contributed by atoms with Crippen molar-refractivity contribution in [3.05, 3.63) is 0 Å². The zero-order valence-electron chi connectivity index (χ0n) is 10.7. The lowest BCUT2D eigenvalue weighted by molar-refractivity contribution is -0.143. The fourth-order valence-electron chi connectivity index (χ4n) is 3.70. The summed E-state index contributed by atoms with van der Waals surface area (Å²) in [6.45, 7) is 5.80. The second-order valence-electron chi connectivity index (χ2n) is 5.78. The van der Waals surface area contributed by atoms with Crippen molar-refractivity contribution in [2.75, 3.05) is 26.2 Å². The highest BCUT2D eigenvalue weighted by molar-refractivity contribution is 5.07. The molecule has 98 valence electrons. The number of fused-ring (bicyclic) bond motifs is 2. The molecule has 1 aliphatic carbocycles. The van der Waals surface area contributed by atoms with Gasteiger partial charge in [0, 0.05) is 31.8 Å². The number of nitrogens with two attached hydrogens (primary N) is 1. The lowest BCUT2D eigenvalue weighted by atomic mass is 9.72. The van der Waals surface area contributed by atoms with Crippen LogP contribution in [0.3, 0.4) is 0 Å². The molecule has 2 unspecified atom stereocenters. The minimum absolute atomic E-state index is 0.213. The van der Waals surface area contributed by atoms with Gasteiger partial charge in [0.05, 0.1) is 18.3 Å². The van der Waals surface area contributed by atoms with Gasteiger partial charge in [-0.2, -0.15) is 0 Å². The molecule has 3 fully saturated rings. The molecule has 0 aromatic rings. The molecule has 2 saturated heterocycles. The van der Waals surface area contributed by atoms with E-state index in [-0.39, 0.29) is 5.54 Å². The second-order valence-corrected chi connectivity index (χ2v) is 5.78. The number of morpholine rings is 1. The third-order valence-electron chi connectivity index (χ3n) is 4.71. The molecular formula is C13H24N2O2. The van der Waals surface area contributed by atoms with E-state index in [0.717, 1.165) is 39.1 Å². The molecule has 0 amide bonds. The average Bonchev–Trinajstić information content (AvgIpc) is 2.62. The number of rotatable bonds is 4. The highest BCUT2D eigenvalue weighted by Crippen LogP contribution is 2.42. The highest BCUT2D eigenvalue weighted by atomic mass is 16.5. The topological polar surface area (TPSA) is 47.7 Å². The van der Waals surface area contributed by atoms with Gasteiger partial charge in [0.25, 0.3) is 0 Å². The van der Waals surface area contributed by atoms with Crippen LogP contribution in [0.1, 0.15) is 32.6 Å². The lowest BCUT2D eigenvalue weighted by Gasteiger charge is -2.55. The third-order valence-corrected chi connectivity index (χ3v) is 4.71. The molecule has 2 N–H and O–H groups in total. The van der Waals surface area contributed by atoms with Gasteiger partial charge in [0.1, 0.15) is 0 Å². The van der Waals surface area contributed by atoms with Crippen LogP contribution in [0.4, 0.5) is 0 Å². The Labute approximate surface area is 103 Å². The van der Waals surface area contributed by atoms with E-state index in [1.54, 1.807) is 0 Å². The van der Waals surface area contributed by atoms with Gasteiger partial charge >= 0.3 is 0 Å². The smallest absolute Gasteiger partial charge is 0.0707 e. The molecule has 0 spiro atoms. The molecule has 0 radical (unpaired) electrons. The van der Waals surface area contributed by atoms with E-state index in [1.807, 2.05) is 0 Å². The van der Waals surface area contributed by atoms with Crippen LogP contribution in [0, 0.1) is 0 Å². The first-order valence-electron chi connectivity index (χ1n) is 6.98. The summed E-state index contributed by atoms with van der Waals surface area (Å²) in [5.41, 5.74) is 6.24. The number of ether oxygens (including phenoxy) is 2. The Morgan fingerprint density at radius 3 is 2.47 bits per heavy atom. The van der Waals surface area contributed by atoms with E-state index < -0.39 is 0 Å². The minimum atomic E-state index is 0.213. The van der Waals surface area contributed by atoms with Crippen LogP contribution in [-0.2, 0) is 9.47 Å². The number of hydrogen-bond donors (Lipinski definition) is 1. The maximum Gasteiger partial charge on any atom is 0.0707 e. The van der Waals surface area contributed by atoms with Crippen LogP contribution in [0.5, 0.6) is 0 Å². The van der Waals surface area contributed by atoms with Crippen molar-refractivity contribution in [1.29, 1.82) is 0 Å². The molecule has 2 aliphatic heterocycles. The summed E-state index contributed by atoms with van der Waals surface area (Å²) >= 11 is 0. The molecule has 0 aromatic heterocycles. The van der Waals surface area contributed by atoms with Gasteiger partial charge in [-0.05, 0) is 32.6 Å². The molecule has 3 rings (SSSR count). The Morgan fingerprint density at radius 2 is 1.94 bits per heavy atom. The van der Waals surface area contributed by atoms with Crippen LogP contribution in [-0.4, -0.2) is 55.0 Å². The van der Waals surface area contributed by atoms with Crippen LogP contribution >= 0.6 is 0 Å². The Kier molecular flexibility index (Phi) is 3.15. The summed E-state index contributed by atoms with van der Waals surface area (Å²) in [4.78, 5) is 2.59. The largest absolute Gasteiger partial charge is 0.378 e. The molecule has 2 atom stereocenters. The van der Waals surface area contributed by atoms with Gasteiger partial charge in [-0.15, -0.1) is 0 Å². The van der Waals surface area contributed by atoms with Crippen molar-refractivity contribution < 1.29 is 9.47 Å². The maximum absolute atomic E-state index is 6.03. The van der Waals surface area contributed by atoms with Crippen molar-refractivity contribution in [3.8, 4) is 0 Å². The summed E-state index contributed by atoms with van der Waals surface area (Å²) in [6.07, 6.45) is 6.04. The molecule has 3 aliphatic rings. The Bertz CT molecular complexity index is 267. The van der Waals surface area contributed by atoms with Gasteiger partial charge in [-0.1, -0.05) is 0 Å². The predicted molar refractivity (Wildman–Crippen MR) is 65.9 cm³/mol. The van der Waals surface area contributed by atoms with Crippen molar-refractivity contribution in [2.24, 2.45) is 5.73 Å². The molecule has 4 heteroatoms. The summed E-state index contributed by atoms with van der Waals surface area (Å²) in [6, 6.07) is 0. The van der Waals surface area contributed by atoms with Crippen molar-refractivity contribution in [3.63, 3.8) is 0 Å². The molecule has 2 heterocycles. The molecule has 1 saturated carbocycles. The van der Waals surface area contributed by atoms with E-state index in [9.17, 15) is 0 Å². The summed E-state index contributed by atoms with van der Waals surface area (Å²) in [7, 11) is 0. The van der Waals surface area contributed by atoms with E-state index in [2.05, 4.69) is 11.8 Å². The summed E-state index contributed by atoms with van der Waals surface area (Å²) < 4.78 is 11.6. The van der Waals surface area contributed by atoms with Gasteiger partial charge in [0.15, 0.2) is 0 Å².